The zero-order valence-electron chi connectivity index (χ0n) is 16.6. The lowest BCUT2D eigenvalue weighted by Gasteiger charge is -2.58. The van der Waals surface area contributed by atoms with Gasteiger partial charge >= 0.3 is 0 Å². The SMILES string of the molecule is C[C@]12CC[C@@H](O)CC1=C[C@H](O)[C@@H]1[C@@H]2CC[C@]2(C)C(c3ccccc3)=CC[C@@H]12. The summed E-state index contributed by atoms with van der Waals surface area (Å²) in [5, 5.41) is 21.3. The van der Waals surface area contributed by atoms with E-state index in [9.17, 15) is 10.2 Å². The summed E-state index contributed by atoms with van der Waals surface area (Å²) >= 11 is 0. The molecule has 0 radical (unpaired) electrons. The van der Waals surface area contributed by atoms with Gasteiger partial charge in [-0.05, 0) is 78.2 Å². The fourth-order valence-corrected chi connectivity index (χ4v) is 7.27. The van der Waals surface area contributed by atoms with Gasteiger partial charge in [0.05, 0.1) is 12.2 Å². The van der Waals surface area contributed by atoms with Crippen molar-refractivity contribution in [2.24, 2.45) is 28.6 Å². The molecule has 5 rings (SSSR count). The van der Waals surface area contributed by atoms with Crippen molar-refractivity contribution in [3.63, 3.8) is 0 Å². The molecule has 0 aromatic heterocycles. The first-order valence-electron chi connectivity index (χ1n) is 10.8. The molecule has 2 heteroatoms. The quantitative estimate of drug-likeness (QED) is 0.690. The number of hydrogen-bond acceptors (Lipinski definition) is 2. The van der Waals surface area contributed by atoms with E-state index in [4.69, 9.17) is 0 Å². The predicted molar refractivity (Wildman–Crippen MR) is 109 cm³/mol. The van der Waals surface area contributed by atoms with Crippen LogP contribution in [0.2, 0.25) is 0 Å². The van der Waals surface area contributed by atoms with Crippen LogP contribution in [0.3, 0.4) is 0 Å². The molecule has 0 spiro atoms. The van der Waals surface area contributed by atoms with Crippen LogP contribution in [0.4, 0.5) is 0 Å². The number of hydrogen-bond donors (Lipinski definition) is 2. The summed E-state index contributed by atoms with van der Waals surface area (Å²) in [5.41, 5.74) is 4.51. The minimum atomic E-state index is -0.364. The molecule has 7 atom stereocenters. The Morgan fingerprint density at radius 3 is 2.44 bits per heavy atom. The van der Waals surface area contributed by atoms with Crippen LogP contribution in [0, 0.1) is 28.6 Å². The standard InChI is InChI=1S/C25H32O2/c1-24-12-10-18(26)14-17(24)15-22(27)23-20-9-8-19(16-6-4-3-5-7-16)25(20,2)13-11-21(23)24/h3-8,15,18,20-23,26-27H,9-14H2,1-2H3/t18-,20+,21+,22+,23+,24+,25-/m1/s1. The number of fused-ring (bicyclic) bond motifs is 5. The van der Waals surface area contributed by atoms with Crippen molar-refractivity contribution in [1.82, 2.24) is 0 Å². The van der Waals surface area contributed by atoms with Crippen LogP contribution in [0.15, 0.2) is 48.1 Å². The topological polar surface area (TPSA) is 40.5 Å². The maximum atomic E-state index is 11.2. The van der Waals surface area contributed by atoms with Gasteiger partial charge in [0, 0.05) is 0 Å². The molecule has 144 valence electrons. The second kappa shape index (κ2) is 6.06. The van der Waals surface area contributed by atoms with Crippen LogP contribution in [-0.4, -0.2) is 22.4 Å². The average Bonchev–Trinajstić information content (AvgIpc) is 3.01. The second-order valence-corrected chi connectivity index (χ2v) is 9.96. The summed E-state index contributed by atoms with van der Waals surface area (Å²) < 4.78 is 0. The molecule has 2 nitrogen and oxygen atoms in total. The minimum absolute atomic E-state index is 0.166. The zero-order chi connectivity index (χ0) is 18.8. The van der Waals surface area contributed by atoms with E-state index in [2.05, 4.69) is 56.3 Å². The fraction of sp³-hybridized carbons (Fsp3) is 0.600. The molecule has 0 saturated heterocycles. The Balaban J connectivity index is 1.52. The van der Waals surface area contributed by atoms with E-state index in [0.29, 0.717) is 17.8 Å². The van der Waals surface area contributed by atoms with Crippen LogP contribution >= 0.6 is 0 Å². The van der Waals surface area contributed by atoms with Gasteiger partial charge in [0.2, 0.25) is 0 Å². The molecule has 1 aromatic rings. The maximum Gasteiger partial charge on any atom is 0.0757 e. The monoisotopic (exact) mass is 364 g/mol. The summed E-state index contributed by atoms with van der Waals surface area (Å²) in [5.74, 6) is 1.40. The first-order valence-corrected chi connectivity index (χ1v) is 10.8. The van der Waals surface area contributed by atoms with Gasteiger partial charge < -0.3 is 10.2 Å². The van der Waals surface area contributed by atoms with E-state index < -0.39 is 0 Å². The Kier molecular flexibility index (Phi) is 3.97. The molecule has 1 aromatic carbocycles. The third-order valence-corrected chi connectivity index (χ3v) is 8.77. The van der Waals surface area contributed by atoms with Crippen molar-refractivity contribution in [1.29, 1.82) is 0 Å². The maximum absolute atomic E-state index is 11.2. The summed E-state index contributed by atoms with van der Waals surface area (Å²) in [6, 6.07) is 10.8. The molecule has 0 bridgehead atoms. The summed E-state index contributed by atoms with van der Waals surface area (Å²) in [7, 11) is 0. The van der Waals surface area contributed by atoms with Crippen molar-refractivity contribution in [2.45, 2.75) is 64.6 Å². The molecule has 0 heterocycles. The first-order chi connectivity index (χ1) is 12.9. The molecule has 4 aliphatic rings. The first kappa shape index (κ1) is 17.7. The molecule has 0 amide bonds. The van der Waals surface area contributed by atoms with E-state index in [1.807, 2.05) is 0 Å². The average molecular weight is 365 g/mol. The fourth-order valence-electron chi connectivity index (χ4n) is 7.27. The number of aliphatic hydroxyl groups is 2. The molecule has 2 saturated carbocycles. The van der Waals surface area contributed by atoms with Crippen LogP contribution in [0.1, 0.15) is 57.9 Å². The molecule has 0 aliphatic heterocycles. The second-order valence-electron chi connectivity index (χ2n) is 9.96. The van der Waals surface area contributed by atoms with Gasteiger partial charge in [0.15, 0.2) is 0 Å². The van der Waals surface area contributed by atoms with E-state index in [1.54, 1.807) is 0 Å². The number of benzene rings is 1. The van der Waals surface area contributed by atoms with Gasteiger partial charge in [-0.1, -0.05) is 61.9 Å². The van der Waals surface area contributed by atoms with Gasteiger partial charge in [0.1, 0.15) is 0 Å². The predicted octanol–water partition coefficient (Wildman–Crippen LogP) is 4.97. The molecular formula is C25H32O2. The lowest BCUT2D eigenvalue weighted by atomic mass is 9.46. The lowest BCUT2D eigenvalue weighted by molar-refractivity contribution is -0.0731. The zero-order valence-corrected chi connectivity index (χ0v) is 16.6. The Labute approximate surface area is 163 Å². The van der Waals surface area contributed by atoms with Gasteiger partial charge in [-0.3, -0.25) is 0 Å². The number of rotatable bonds is 1. The molecule has 0 unspecified atom stereocenters. The molecule has 2 N–H and O–H groups in total. The molecule has 4 aliphatic carbocycles. The number of aliphatic hydroxyl groups excluding tert-OH is 2. The highest BCUT2D eigenvalue weighted by molar-refractivity contribution is 5.73. The van der Waals surface area contributed by atoms with Crippen LogP contribution in [0.5, 0.6) is 0 Å². The van der Waals surface area contributed by atoms with Crippen LogP contribution < -0.4 is 0 Å². The highest BCUT2D eigenvalue weighted by Gasteiger charge is 2.59. The van der Waals surface area contributed by atoms with Crippen molar-refractivity contribution < 1.29 is 10.2 Å². The summed E-state index contributed by atoms with van der Waals surface area (Å²) in [6.45, 7) is 4.86. The van der Waals surface area contributed by atoms with Crippen molar-refractivity contribution in [2.75, 3.05) is 0 Å². The Bertz CT molecular complexity index is 794. The molecular weight excluding hydrogens is 332 g/mol. The highest BCUT2D eigenvalue weighted by atomic mass is 16.3. The minimum Gasteiger partial charge on any atom is -0.393 e. The summed E-state index contributed by atoms with van der Waals surface area (Å²) in [4.78, 5) is 0. The Morgan fingerprint density at radius 1 is 0.926 bits per heavy atom. The van der Waals surface area contributed by atoms with Gasteiger partial charge in [-0.2, -0.15) is 0 Å². The van der Waals surface area contributed by atoms with Gasteiger partial charge in [-0.25, -0.2) is 0 Å². The van der Waals surface area contributed by atoms with E-state index in [1.165, 1.54) is 29.6 Å². The number of allylic oxidation sites excluding steroid dienone is 2. The van der Waals surface area contributed by atoms with E-state index in [0.717, 1.165) is 25.7 Å². The normalized spacial score (nSPS) is 46.0. The van der Waals surface area contributed by atoms with Gasteiger partial charge in [-0.15, -0.1) is 0 Å². The molecule has 27 heavy (non-hydrogen) atoms. The van der Waals surface area contributed by atoms with Crippen molar-refractivity contribution >= 4 is 5.57 Å². The van der Waals surface area contributed by atoms with E-state index >= 15 is 0 Å². The smallest absolute Gasteiger partial charge is 0.0757 e. The lowest BCUT2D eigenvalue weighted by Crippen LogP contribution is -2.54. The third kappa shape index (κ3) is 2.46. The van der Waals surface area contributed by atoms with Crippen LogP contribution in [0.25, 0.3) is 5.57 Å². The van der Waals surface area contributed by atoms with Crippen molar-refractivity contribution in [3.05, 3.63) is 53.6 Å². The highest BCUT2D eigenvalue weighted by Crippen LogP contribution is 2.66. The van der Waals surface area contributed by atoms with Crippen LogP contribution in [-0.2, 0) is 0 Å². The van der Waals surface area contributed by atoms with Crippen molar-refractivity contribution in [3.8, 4) is 0 Å². The Hall–Kier alpha value is -1.38. The summed E-state index contributed by atoms with van der Waals surface area (Å²) in [6.07, 6.45) is 10.2. The third-order valence-electron chi connectivity index (χ3n) is 8.77. The Morgan fingerprint density at radius 2 is 1.67 bits per heavy atom. The van der Waals surface area contributed by atoms with Gasteiger partial charge in [0.25, 0.3) is 0 Å². The van der Waals surface area contributed by atoms with E-state index in [-0.39, 0.29) is 23.0 Å². The molecule has 2 fully saturated rings. The largest absolute Gasteiger partial charge is 0.393 e.